The number of rotatable bonds is 10. The molecule has 0 heterocycles. The van der Waals surface area contributed by atoms with Gasteiger partial charge in [0.05, 0.1) is 25.0 Å². The van der Waals surface area contributed by atoms with E-state index in [2.05, 4.69) is 10.6 Å². The van der Waals surface area contributed by atoms with E-state index >= 15 is 0 Å². The third kappa shape index (κ3) is 7.87. The van der Waals surface area contributed by atoms with Crippen molar-refractivity contribution in [2.75, 3.05) is 35.9 Å². The van der Waals surface area contributed by atoms with Gasteiger partial charge in [-0.15, -0.1) is 0 Å². The van der Waals surface area contributed by atoms with Crippen LogP contribution in [0.2, 0.25) is 0 Å². The van der Waals surface area contributed by atoms with Crippen LogP contribution >= 0.6 is 11.8 Å². The first-order chi connectivity index (χ1) is 14.0. The van der Waals surface area contributed by atoms with Crippen LogP contribution in [0.1, 0.15) is 23.7 Å². The SMILES string of the molecule is CCOC(=O)c1ccc(NC(=O)CSCCC(=O)Nc2ccc(OC)cc2)cc1. The molecule has 0 fully saturated rings. The Morgan fingerprint density at radius 1 is 0.897 bits per heavy atom. The molecule has 0 spiro atoms. The summed E-state index contributed by atoms with van der Waals surface area (Å²) in [7, 11) is 1.58. The first kappa shape index (κ1) is 22.3. The van der Waals surface area contributed by atoms with Crippen molar-refractivity contribution in [2.45, 2.75) is 13.3 Å². The summed E-state index contributed by atoms with van der Waals surface area (Å²) in [4.78, 5) is 35.5. The first-order valence-electron chi connectivity index (χ1n) is 9.10. The minimum atomic E-state index is -0.395. The third-order valence-electron chi connectivity index (χ3n) is 3.76. The summed E-state index contributed by atoms with van der Waals surface area (Å²) in [6.45, 7) is 2.06. The first-order valence-corrected chi connectivity index (χ1v) is 10.3. The van der Waals surface area contributed by atoms with Crippen LogP contribution in [0.3, 0.4) is 0 Å². The Bertz CT molecular complexity index is 822. The fraction of sp³-hybridized carbons (Fsp3) is 0.286. The molecule has 0 unspecified atom stereocenters. The van der Waals surface area contributed by atoms with Gasteiger partial charge >= 0.3 is 5.97 Å². The van der Waals surface area contributed by atoms with Crippen LogP contribution in [0.5, 0.6) is 5.75 Å². The van der Waals surface area contributed by atoms with Crippen LogP contribution in [0, 0.1) is 0 Å². The van der Waals surface area contributed by atoms with E-state index < -0.39 is 5.97 Å². The molecule has 8 heteroatoms. The highest BCUT2D eigenvalue weighted by Gasteiger charge is 2.08. The maximum atomic E-state index is 12.0. The Balaban J connectivity index is 1.66. The number of benzene rings is 2. The van der Waals surface area contributed by atoms with E-state index in [0.29, 0.717) is 35.7 Å². The van der Waals surface area contributed by atoms with Crippen LogP contribution in [0.4, 0.5) is 11.4 Å². The van der Waals surface area contributed by atoms with Crippen molar-refractivity contribution in [3.8, 4) is 5.75 Å². The lowest BCUT2D eigenvalue weighted by Crippen LogP contribution is -2.16. The number of hydrogen-bond acceptors (Lipinski definition) is 6. The summed E-state index contributed by atoms with van der Waals surface area (Å²) in [6.07, 6.45) is 0.304. The van der Waals surface area contributed by atoms with Crippen molar-refractivity contribution in [1.29, 1.82) is 0 Å². The highest BCUT2D eigenvalue weighted by molar-refractivity contribution is 7.99. The van der Waals surface area contributed by atoms with Gasteiger partial charge in [0.1, 0.15) is 5.75 Å². The molecule has 2 amide bonds. The molecule has 2 aromatic carbocycles. The molecule has 0 aliphatic heterocycles. The number of esters is 1. The second-order valence-electron chi connectivity index (χ2n) is 5.93. The number of anilines is 2. The van der Waals surface area contributed by atoms with E-state index in [1.807, 2.05) is 0 Å². The fourth-order valence-electron chi connectivity index (χ4n) is 2.33. The third-order valence-corrected chi connectivity index (χ3v) is 4.72. The minimum absolute atomic E-state index is 0.113. The van der Waals surface area contributed by atoms with E-state index in [9.17, 15) is 14.4 Å². The lowest BCUT2D eigenvalue weighted by atomic mass is 10.2. The molecular formula is C21H24N2O5S. The van der Waals surface area contributed by atoms with Crippen molar-refractivity contribution < 1.29 is 23.9 Å². The Hall–Kier alpha value is -3.00. The molecule has 2 aromatic rings. The summed E-state index contributed by atoms with van der Waals surface area (Å²) < 4.78 is 9.98. The number of hydrogen-bond donors (Lipinski definition) is 2. The van der Waals surface area contributed by atoms with Gasteiger partial charge in [-0.2, -0.15) is 11.8 Å². The van der Waals surface area contributed by atoms with E-state index in [1.165, 1.54) is 11.8 Å². The molecule has 0 aliphatic rings. The van der Waals surface area contributed by atoms with Gasteiger partial charge < -0.3 is 20.1 Å². The van der Waals surface area contributed by atoms with Crippen LogP contribution in [-0.4, -0.2) is 43.0 Å². The largest absolute Gasteiger partial charge is 0.497 e. The molecule has 0 atom stereocenters. The highest BCUT2D eigenvalue weighted by atomic mass is 32.2. The van der Waals surface area contributed by atoms with E-state index in [1.54, 1.807) is 62.6 Å². The molecule has 7 nitrogen and oxygen atoms in total. The maximum absolute atomic E-state index is 12.0. The zero-order valence-corrected chi connectivity index (χ0v) is 17.2. The van der Waals surface area contributed by atoms with Gasteiger partial charge in [-0.05, 0) is 55.5 Å². The molecule has 154 valence electrons. The molecule has 0 aliphatic carbocycles. The number of ether oxygens (including phenoxy) is 2. The number of carbonyl (C=O) groups is 3. The van der Waals surface area contributed by atoms with Gasteiger partial charge in [-0.3, -0.25) is 9.59 Å². The number of thioether (sulfide) groups is 1. The minimum Gasteiger partial charge on any atom is -0.497 e. The van der Waals surface area contributed by atoms with Crippen LogP contribution in [0.25, 0.3) is 0 Å². The van der Waals surface area contributed by atoms with Gasteiger partial charge in [0.15, 0.2) is 0 Å². The molecule has 2 N–H and O–H groups in total. The van der Waals surface area contributed by atoms with Crippen molar-refractivity contribution in [1.82, 2.24) is 0 Å². The van der Waals surface area contributed by atoms with Crippen LogP contribution in [-0.2, 0) is 14.3 Å². The molecule has 0 radical (unpaired) electrons. The van der Waals surface area contributed by atoms with Gasteiger partial charge in [-0.1, -0.05) is 0 Å². The zero-order valence-electron chi connectivity index (χ0n) is 16.4. The quantitative estimate of drug-likeness (QED) is 0.454. The second kappa shape index (κ2) is 11.8. The summed E-state index contributed by atoms with van der Waals surface area (Å²) in [6, 6.07) is 13.6. The predicted molar refractivity (Wildman–Crippen MR) is 115 cm³/mol. The van der Waals surface area contributed by atoms with Crippen molar-refractivity contribution in [3.05, 3.63) is 54.1 Å². The predicted octanol–water partition coefficient (Wildman–Crippen LogP) is 3.57. The van der Waals surface area contributed by atoms with Crippen LogP contribution < -0.4 is 15.4 Å². The number of amides is 2. The Morgan fingerprint density at radius 2 is 1.48 bits per heavy atom. The van der Waals surface area contributed by atoms with E-state index in [4.69, 9.17) is 9.47 Å². The average molecular weight is 416 g/mol. The average Bonchev–Trinajstić information content (AvgIpc) is 2.72. The Morgan fingerprint density at radius 3 is 2.07 bits per heavy atom. The second-order valence-corrected chi connectivity index (χ2v) is 7.03. The lowest BCUT2D eigenvalue weighted by Gasteiger charge is -2.07. The van der Waals surface area contributed by atoms with E-state index in [-0.39, 0.29) is 17.6 Å². The van der Waals surface area contributed by atoms with Crippen molar-refractivity contribution >= 4 is 40.9 Å². The van der Waals surface area contributed by atoms with Gasteiger partial charge in [0, 0.05) is 23.5 Å². The molecule has 2 rings (SSSR count). The Kier molecular flexibility index (Phi) is 9.04. The normalized spacial score (nSPS) is 10.1. The molecule has 0 bridgehead atoms. The summed E-state index contributed by atoms with van der Waals surface area (Å²) in [5, 5.41) is 5.55. The smallest absolute Gasteiger partial charge is 0.338 e. The molecule has 29 heavy (non-hydrogen) atoms. The van der Waals surface area contributed by atoms with Crippen molar-refractivity contribution in [3.63, 3.8) is 0 Å². The summed E-state index contributed by atoms with van der Waals surface area (Å²) >= 11 is 1.37. The molecule has 0 saturated heterocycles. The molecule has 0 aromatic heterocycles. The summed E-state index contributed by atoms with van der Waals surface area (Å²) in [5.74, 6) is 0.799. The summed E-state index contributed by atoms with van der Waals surface area (Å²) in [5.41, 5.74) is 1.73. The van der Waals surface area contributed by atoms with Gasteiger partial charge in [-0.25, -0.2) is 4.79 Å². The van der Waals surface area contributed by atoms with E-state index in [0.717, 1.165) is 5.75 Å². The number of methoxy groups -OCH3 is 1. The van der Waals surface area contributed by atoms with Gasteiger partial charge in [0.25, 0.3) is 0 Å². The maximum Gasteiger partial charge on any atom is 0.338 e. The van der Waals surface area contributed by atoms with Gasteiger partial charge in [0.2, 0.25) is 11.8 Å². The monoisotopic (exact) mass is 416 g/mol. The molecule has 0 saturated carbocycles. The topological polar surface area (TPSA) is 93.7 Å². The Labute approximate surface area is 174 Å². The zero-order chi connectivity index (χ0) is 21.1. The lowest BCUT2D eigenvalue weighted by molar-refractivity contribution is -0.116. The number of carbonyl (C=O) groups excluding carboxylic acids is 3. The molecular weight excluding hydrogens is 392 g/mol. The standard InChI is InChI=1S/C21H24N2O5S/c1-3-28-21(26)15-4-6-16(7-5-15)23-20(25)14-29-13-12-19(24)22-17-8-10-18(27-2)11-9-17/h4-11H,3,12-14H2,1-2H3,(H,22,24)(H,23,25). The highest BCUT2D eigenvalue weighted by Crippen LogP contribution is 2.16. The fourth-order valence-corrected chi connectivity index (χ4v) is 3.06. The number of nitrogens with one attached hydrogen (secondary N) is 2. The van der Waals surface area contributed by atoms with Crippen LogP contribution in [0.15, 0.2) is 48.5 Å². The van der Waals surface area contributed by atoms with Crippen molar-refractivity contribution in [2.24, 2.45) is 0 Å².